The molecule has 106 valence electrons. The minimum atomic E-state index is -0.467. The summed E-state index contributed by atoms with van der Waals surface area (Å²) in [5.41, 5.74) is 1.76. The molecule has 0 bridgehead atoms. The number of amides is 1. The number of nitrogens with one attached hydrogen (secondary N) is 1. The van der Waals surface area contributed by atoms with E-state index in [2.05, 4.69) is 5.32 Å². The Kier molecular flexibility index (Phi) is 4.46. The lowest BCUT2D eigenvalue weighted by Gasteiger charge is -2.06. The highest BCUT2D eigenvalue weighted by Crippen LogP contribution is 2.24. The topological polar surface area (TPSA) is 72.2 Å². The standard InChI is InChI=1S/C16H14N2O3/c1-12-14(8-5-9-15(12)18(20)21)17-16(19)11-10-13-6-3-2-4-7-13/h2-11H,1H3,(H,17,19)/b11-10+. The Morgan fingerprint density at radius 3 is 2.52 bits per heavy atom. The third kappa shape index (κ3) is 3.76. The fourth-order valence-electron chi connectivity index (χ4n) is 1.87. The van der Waals surface area contributed by atoms with Gasteiger partial charge >= 0.3 is 0 Å². The average Bonchev–Trinajstić information content (AvgIpc) is 2.48. The molecule has 1 amide bonds. The van der Waals surface area contributed by atoms with Crippen molar-refractivity contribution in [2.75, 3.05) is 5.32 Å². The number of nitrogens with zero attached hydrogens (tertiary/aromatic N) is 1. The Balaban J connectivity index is 2.12. The monoisotopic (exact) mass is 282 g/mol. The summed E-state index contributed by atoms with van der Waals surface area (Å²) in [6, 6.07) is 14.0. The number of carbonyl (C=O) groups excluding carboxylic acids is 1. The highest BCUT2D eigenvalue weighted by Gasteiger charge is 2.13. The van der Waals surface area contributed by atoms with E-state index in [0.29, 0.717) is 11.3 Å². The molecule has 5 heteroatoms. The second-order valence-electron chi connectivity index (χ2n) is 4.44. The van der Waals surface area contributed by atoms with Gasteiger partial charge in [-0.2, -0.15) is 0 Å². The molecule has 0 aliphatic heterocycles. The van der Waals surface area contributed by atoms with Crippen molar-refractivity contribution in [2.45, 2.75) is 6.92 Å². The van der Waals surface area contributed by atoms with Crippen LogP contribution in [0.1, 0.15) is 11.1 Å². The maximum Gasteiger partial charge on any atom is 0.274 e. The molecular formula is C16H14N2O3. The van der Waals surface area contributed by atoms with Crippen molar-refractivity contribution in [1.29, 1.82) is 0 Å². The van der Waals surface area contributed by atoms with E-state index in [4.69, 9.17) is 0 Å². The summed E-state index contributed by atoms with van der Waals surface area (Å²) in [5, 5.41) is 13.5. The molecule has 2 rings (SSSR count). The van der Waals surface area contributed by atoms with Crippen molar-refractivity contribution < 1.29 is 9.72 Å². The Hall–Kier alpha value is -2.95. The molecule has 1 N–H and O–H groups in total. The molecule has 2 aromatic rings. The normalized spacial score (nSPS) is 10.5. The van der Waals surface area contributed by atoms with Crippen molar-refractivity contribution in [3.05, 3.63) is 75.8 Å². The van der Waals surface area contributed by atoms with Gasteiger partial charge < -0.3 is 5.32 Å². The third-order valence-electron chi connectivity index (χ3n) is 2.99. The Morgan fingerprint density at radius 2 is 1.86 bits per heavy atom. The lowest BCUT2D eigenvalue weighted by atomic mass is 10.1. The Labute approximate surface area is 122 Å². The van der Waals surface area contributed by atoms with Gasteiger partial charge in [-0.3, -0.25) is 14.9 Å². The lowest BCUT2D eigenvalue weighted by molar-refractivity contribution is -0.385. The second kappa shape index (κ2) is 6.47. The third-order valence-corrected chi connectivity index (χ3v) is 2.99. The van der Waals surface area contributed by atoms with Gasteiger partial charge in [-0.25, -0.2) is 0 Å². The summed E-state index contributed by atoms with van der Waals surface area (Å²) < 4.78 is 0. The molecule has 0 aliphatic carbocycles. The van der Waals surface area contributed by atoms with Crippen LogP contribution >= 0.6 is 0 Å². The second-order valence-corrected chi connectivity index (χ2v) is 4.44. The van der Waals surface area contributed by atoms with Gasteiger partial charge in [0, 0.05) is 12.1 Å². The molecule has 0 aromatic heterocycles. The fraction of sp³-hybridized carbons (Fsp3) is 0.0625. The number of hydrogen-bond donors (Lipinski definition) is 1. The number of hydrogen-bond acceptors (Lipinski definition) is 3. The van der Waals surface area contributed by atoms with E-state index < -0.39 is 4.92 Å². The van der Waals surface area contributed by atoms with E-state index in [1.807, 2.05) is 30.3 Å². The quantitative estimate of drug-likeness (QED) is 0.529. The summed E-state index contributed by atoms with van der Waals surface area (Å²) in [4.78, 5) is 22.2. The minimum absolute atomic E-state index is 0.0140. The molecule has 0 spiro atoms. The average molecular weight is 282 g/mol. The van der Waals surface area contributed by atoms with Gasteiger partial charge in [0.1, 0.15) is 0 Å². The molecule has 0 saturated heterocycles. The number of nitro groups is 1. The van der Waals surface area contributed by atoms with Gasteiger partial charge in [0.05, 0.1) is 16.2 Å². The summed E-state index contributed by atoms with van der Waals surface area (Å²) >= 11 is 0. The molecular weight excluding hydrogens is 268 g/mol. The molecule has 0 saturated carbocycles. The molecule has 21 heavy (non-hydrogen) atoms. The van der Waals surface area contributed by atoms with Gasteiger partial charge in [0.15, 0.2) is 0 Å². The van der Waals surface area contributed by atoms with Gasteiger partial charge in [0.2, 0.25) is 5.91 Å². The maximum absolute atomic E-state index is 11.9. The molecule has 0 heterocycles. The first-order chi connectivity index (χ1) is 10.1. The molecule has 0 atom stereocenters. The van der Waals surface area contributed by atoms with E-state index in [-0.39, 0.29) is 11.6 Å². The van der Waals surface area contributed by atoms with Gasteiger partial charge in [-0.15, -0.1) is 0 Å². The molecule has 5 nitrogen and oxygen atoms in total. The lowest BCUT2D eigenvalue weighted by Crippen LogP contribution is -2.09. The van der Waals surface area contributed by atoms with E-state index in [1.54, 1.807) is 25.1 Å². The predicted octanol–water partition coefficient (Wildman–Crippen LogP) is 3.56. The van der Waals surface area contributed by atoms with Crippen molar-refractivity contribution in [3.63, 3.8) is 0 Å². The Morgan fingerprint density at radius 1 is 1.14 bits per heavy atom. The van der Waals surface area contributed by atoms with Gasteiger partial charge in [-0.05, 0) is 24.6 Å². The van der Waals surface area contributed by atoms with Crippen LogP contribution in [0.25, 0.3) is 6.08 Å². The van der Waals surface area contributed by atoms with E-state index in [0.717, 1.165) is 5.56 Å². The zero-order chi connectivity index (χ0) is 15.2. The fourth-order valence-corrected chi connectivity index (χ4v) is 1.87. The predicted molar refractivity (Wildman–Crippen MR) is 81.9 cm³/mol. The molecule has 0 unspecified atom stereocenters. The SMILES string of the molecule is Cc1c(NC(=O)/C=C/c2ccccc2)cccc1[N+](=O)[O-]. The molecule has 0 radical (unpaired) electrons. The number of rotatable bonds is 4. The number of anilines is 1. The van der Waals surface area contributed by atoms with Crippen LogP contribution < -0.4 is 5.32 Å². The summed E-state index contributed by atoms with van der Waals surface area (Å²) in [7, 11) is 0. The van der Waals surface area contributed by atoms with Gasteiger partial charge in [0.25, 0.3) is 5.69 Å². The molecule has 0 aliphatic rings. The first kappa shape index (κ1) is 14.5. The smallest absolute Gasteiger partial charge is 0.274 e. The van der Waals surface area contributed by atoms with Crippen molar-refractivity contribution >= 4 is 23.4 Å². The molecule has 0 fully saturated rings. The highest BCUT2D eigenvalue weighted by atomic mass is 16.6. The van der Waals surface area contributed by atoms with E-state index in [9.17, 15) is 14.9 Å². The van der Waals surface area contributed by atoms with Crippen LogP contribution in [-0.4, -0.2) is 10.8 Å². The van der Waals surface area contributed by atoms with Crippen molar-refractivity contribution in [3.8, 4) is 0 Å². The van der Waals surface area contributed by atoms with E-state index >= 15 is 0 Å². The number of benzene rings is 2. The van der Waals surface area contributed by atoms with Crippen LogP contribution in [0.4, 0.5) is 11.4 Å². The summed E-state index contributed by atoms with van der Waals surface area (Å²) in [6.45, 7) is 1.61. The van der Waals surface area contributed by atoms with Crippen molar-refractivity contribution in [2.24, 2.45) is 0 Å². The Bertz CT molecular complexity index is 694. The first-order valence-corrected chi connectivity index (χ1v) is 6.36. The van der Waals surface area contributed by atoms with Crippen LogP contribution in [0, 0.1) is 17.0 Å². The highest BCUT2D eigenvalue weighted by molar-refractivity contribution is 6.02. The maximum atomic E-state index is 11.9. The van der Waals surface area contributed by atoms with Crippen LogP contribution in [0.2, 0.25) is 0 Å². The largest absolute Gasteiger partial charge is 0.322 e. The minimum Gasteiger partial charge on any atom is -0.322 e. The zero-order valence-electron chi connectivity index (χ0n) is 11.4. The van der Waals surface area contributed by atoms with Crippen LogP contribution in [0.15, 0.2) is 54.6 Å². The van der Waals surface area contributed by atoms with Gasteiger partial charge in [-0.1, -0.05) is 36.4 Å². The summed E-state index contributed by atoms with van der Waals surface area (Å²) in [6.07, 6.45) is 3.08. The van der Waals surface area contributed by atoms with Crippen LogP contribution in [0.5, 0.6) is 0 Å². The first-order valence-electron chi connectivity index (χ1n) is 6.36. The molecule has 2 aromatic carbocycles. The van der Waals surface area contributed by atoms with E-state index in [1.165, 1.54) is 12.1 Å². The van der Waals surface area contributed by atoms with Crippen LogP contribution in [0.3, 0.4) is 0 Å². The van der Waals surface area contributed by atoms with Crippen LogP contribution in [-0.2, 0) is 4.79 Å². The number of nitro benzene ring substituents is 1. The zero-order valence-corrected chi connectivity index (χ0v) is 11.4. The number of carbonyl (C=O) groups is 1. The van der Waals surface area contributed by atoms with Crippen molar-refractivity contribution in [1.82, 2.24) is 0 Å². The summed E-state index contributed by atoms with van der Waals surface area (Å²) in [5.74, 6) is -0.331.